The third kappa shape index (κ3) is 2.20. The van der Waals surface area contributed by atoms with Gasteiger partial charge in [0.15, 0.2) is 5.16 Å². The molecule has 7 nitrogen and oxygen atoms in total. The predicted octanol–water partition coefficient (Wildman–Crippen LogP) is -0.394. The van der Waals surface area contributed by atoms with Gasteiger partial charge in [-0.25, -0.2) is 0 Å². The van der Waals surface area contributed by atoms with Crippen molar-refractivity contribution in [3.05, 3.63) is 33.0 Å². The number of fused-ring (bicyclic) bond motifs is 1. The Bertz CT molecular complexity index is 696. The van der Waals surface area contributed by atoms with Crippen molar-refractivity contribution >= 4 is 29.4 Å². The predicted molar refractivity (Wildman–Crippen MR) is 76.5 cm³/mol. The summed E-state index contributed by atoms with van der Waals surface area (Å²) in [4.78, 5) is 39.7. The van der Waals surface area contributed by atoms with Crippen LogP contribution in [0.4, 0.5) is 0 Å². The zero-order valence-corrected chi connectivity index (χ0v) is 12.2. The topological polar surface area (TPSA) is 88.1 Å². The van der Waals surface area contributed by atoms with Crippen LogP contribution in [0.5, 0.6) is 0 Å². The van der Waals surface area contributed by atoms with E-state index in [1.54, 1.807) is 23.7 Å². The number of aromatic amines is 1. The Labute approximate surface area is 122 Å². The summed E-state index contributed by atoms with van der Waals surface area (Å²) in [6.07, 6.45) is 3.80. The molecule has 0 saturated carbocycles. The molecule has 1 amide bonds. The first kappa shape index (κ1) is 13.5. The summed E-state index contributed by atoms with van der Waals surface area (Å²) >= 11 is 3.04. The van der Waals surface area contributed by atoms with Crippen molar-refractivity contribution in [1.29, 1.82) is 0 Å². The molecule has 20 heavy (non-hydrogen) atoms. The molecular weight excluding hydrogens is 300 g/mol. The molecule has 0 radical (unpaired) electrons. The number of thioether (sulfide) groups is 2. The molecule has 1 fully saturated rings. The minimum atomic E-state index is -0.804. The van der Waals surface area contributed by atoms with Crippen LogP contribution >= 0.6 is 23.5 Å². The smallest absolute Gasteiger partial charge is 0.306 e. The SMILES string of the molecule is Cn1[nH]c(=O)c(=O)nc1SCC1C(=O)N2C=CCS[C@@H]12. The van der Waals surface area contributed by atoms with Gasteiger partial charge in [-0.3, -0.25) is 24.2 Å². The van der Waals surface area contributed by atoms with E-state index < -0.39 is 11.1 Å². The maximum absolute atomic E-state index is 11.9. The Balaban J connectivity index is 1.70. The van der Waals surface area contributed by atoms with Gasteiger partial charge in [-0.15, -0.1) is 11.8 Å². The summed E-state index contributed by atoms with van der Waals surface area (Å²) in [7, 11) is 1.61. The average Bonchev–Trinajstić information content (AvgIpc) is 2.44. The van der Waals surface area contributed by atoms with E-state index in [9.17, 15) is 14.4 Å². The summed E-state index contributed by atoms with van der Waals surface area (Å²) in [6, 6.07) is 0. The summed E-state index contributed by atoms with van der Waals surface area (Å²) in [6.45, 7) is 0. The van der Waals surface area contributed by atoms with E-state index >= 15 is 0 Å². The average molecular weight is 312 g/mol. The van der Waals surface area contributed by atoms with Crippen LogP contribution in [0.3, 0.4) is 0 Å². The van der Waals surface area contributed by atoms with Gasteiger partial charge in [-0.05, 0) is 0 Å². The number of hydrogen-bond acceptors (Lipinski definition) is 6. The van der Waals surface area contributed by atoms with E-state index in [2.05, 4.69) is 10.1 Å². The molecule has 106 valence electrons. The van der Waals surface area contributed by atoms with Crippen LogP contribution in [-0.4, -0.2) is 42.5 Å². The van der Waals surface area contributed by atoms with E-state index in [0.717, 1.165) is 5.75 Å². The summed E-state index contributed by atoms with van der Waals surface area (Å²) in [5, 5.41) is 2.98. The molecule has 0 aromatic carbocycles. The first-order chi connectivity index (χ1) is 9.58. The van der Waals surface area contributed by atoms with Gasteiger partial charge in [-0.1, -0.05) is 17.8 Å². The number of carbonyl (C=O) groups excluding carboxylic acids is 1. The number of hydrogen-bond donors (Lipinski definition) is 1. The monoisotopic (exact) mass is 312 g/mol. The molecule has 3 rings (SSSR count). The van der Waals surface area contributed by atoms with Gasteiger partial charge < -0.3 is 4.90 Å². The lowest BCUT2D eigenvalue weighted by Gasteiger charge is -2.46. The molecule has 1 aromatic rings. The second-order valence-electron chi connectivity index (χ2n) is 4.47. The highest BCUT2D eigenvalue weighted by Crippen LogP contribution is 2.40. The van der Waals surface area contributed by atoms with E-state index in [1.165, 1.54) is 16.4 Å². The van der Waals surface area contributed by atoms with Crippen molar-refractivity contribution in [2.45, 2.75) is 10.5 Å². The Morgan fingerprint density at radius 1 is 1.50 bits per heavy atom. The molecule has 3 heterocycles. The Hall–Kier alpha value is -1.48. The third-order valence-corrected chi connectivity index (χ3v) is 5.59. The molecule has 0 spiro atoms. The lowest BCUT2D eigenvalue weighted by Crippen LogP contribution is -2.58. The van der Waals surface area contributed by atoms with Crippen molar-refractivity contribution in [3.8, 4) is 0 Å². The zero-order valence-electron chi connectivity index (χ0n) is 10.6. The van der Waals surface area contributed by atoms with Crippen LogP contribution in [-0.2, 0) is 11.8 Å². The highest BCUT2D eigenvalue weighted by Gasteiger charge is 2.47. The standard InChI is InChI=1S/C11H12N4O3S2/c1-14-11(12-7(16)8(17)13-14)20-5-6-9(18)15-3-2-4-19-10(6)15/h2-3,6,10H,4-5H2,1H3,(H,13,17)/t6?,10-/m0/s1. The second-order valence-corrected chi connectivity index (χ2v) is 6.61. The van der Waals surface area contributed by atoms with E-state index in [4.69, 9.17) is 0 Å². The van der Waals surface area contributed by atoms with E-state index in [0.29, 0.717) is 10.9 Å². The molecule has 0 aliphatic carbocycles. The molecule has 2 atom stereocenters. The van der Waals surface area contributed by atoms with Gasteiger partial charge in [0.25, 0.3) is 0 Å². The number of aryl methyl sites for hydroxylation is 1. The third-order valence-electron chi connectivity index (χ3n) is 3.16. The number of β-lactam (4-membered cyclic amide) rings is 1. The van der Waals surface area contributed by atoms with Crippen molar-refractivity contribution in [2.75, 3.05) is 11.5 Å². The van der Waals surface area contributed by atoms with Crippen LogP contribution in [0.25, 0.3) is 0 Å². The quantitative estimate of drug-likeness (QED) is 0.464. The van der Waals surface area contributed by atoms with Crippen LogP contribution in [0, 0.1) is 5.92 Å². The molecule has 2 aliphatic rings. The second kappa shape index (κ2) is 5.13. The number of H-pyrrole nitrogens is 1. The van der Waals surface area contributed by atoms with Crippen molar-refractivity contribution < 1.29 is 4.79 Å². The molecular formula is C11H12N4O3S2. The van der Waals surface area contributed by atoms with Crippen LogP contribution < -0.4 is 11.1 Å². The Morgan fingerprint density at radius 2 is 2.30 bits per heavy atom. The molecule has 9 heteroatoms. The fourth-order valence-corrected chi connectivity index (χ4v) is 4.46. The van der Waals surface area contributed by atoms with Crippen LogP contribution in [0.2, 0.25) is 0 Å². The van der Waals surface area contributed by atoms with Crippen molar-refractivity contribution in [2.24, 2.45) is 13.0 Å². The Morgan fingerprint density at radius 3 is 3.10 bits per heavy atom. The maximum atomic E-state index is 11.9. The van der Waals surface area contributed by atoms with Crippen LogP contribution in [0.15, 0.2) is 27.0 Å². The number of carbonyl (C=O) groups is 1. The largest absolute Gasteiger partial charge is 0.339 e. The minimum absolute atomic E-state index is 0.0706. The number of nitrogens with one attached hydrogen (secondary N) is 1. The molecule has 2 aliphatic heterocycles. The maximum Gasteiger partial charge on any atom is 0.339 e. The fraction of sp³-hybridized carbons (Fsp3) is 0.455. The van der Waals surface area contributed by atoms with Gasteiger partial charge >= 0.3 is 11.1 Å². The summed E-state index contributed by atoms with van der Waals surface area (Å²) in [5.41, 5.74) is -1.54. The number of aromatic nitrogens is 3. The molecule has 1 unspecified atom stereocenters. The summed E-state index contributed by atoms with van der Waals surface area (Å²) in [5.74, 6) is 1.48. The molecule has 1 saturated heterocycles. The lowest BCUT2D eigenvalue weighted by molar-refractivity contribution is -0.144. The normalized spacial score (nSPS) is 24.4. The highest BCUT2D eigenvalue weighted by molar-refractivity contribution is 8.00. The summed E-state index contributed by atoms with van der Waals surface area (Å²) < 4.78 is 1.41. The zero-order chi connectivity index (χ0) is 14.3. The number of nitrogens with zero attached hydrogens (tertiary/aromatic N) is 3. The minimum Gasteiger partial charge on any atom is -0.306 e. The first-order valence-electron chi connectivity index (χ1n) is 5.98. The van der Waals surface area contributed by atoms with Crippen LogP contribution in [0.1, 0.15) is 0 Å². The van der Waals surface area contributed by atoms with Gasteiger partial charge in [0, 0.05) is 24.8 Å². The molecule has 1 aromatic heterocycles. The molecule has 0 bridgehead atoms. The number of amides is 1. The lowest BCUT2D eigenvalue weighted by atomic mass is 10.0. The van der Waals surface area contributed by atoms with E-state index in [1.807, 2.05) is 12.3 Å². The van der Waals surface area contributed by atoms with Gasteiger partial charge in [0.05, 0.1) is 11.3 Å². The van der Waals surface area contributed by atoms with Gasteiger partial charge in [-0.2, -0.15) is 4.98 Å². The van der Waals surface area contributed by atoms with Gasteiger partial charge in [0.2, 0.25) is 5.91 Å². The highest BCUT2D eigenvalue weighted by atomic mass is 32.2. The Kier molecular flexibility index (Phi) is 3.47. The van der Waals surface area contributed by atoms with Gasteiger partial charge in [0.1, 0.15) is 0 Å². The number of rotatable bonds is 3. The van der Waals surface area contributed by atoms with Crippen molar-refractivity contribution in [1.82, 2.24) is 19.7 Å². The fourth-order valence-electron chi connectivity index (χ4n) is 2.12. The van der Waals surface area contributed by atoms with E-state index in [-0.39, 0.29) is 17.2 Å². The van der Waals surface area contributed by atoms with Crippen molar-refractivity contribution in [3.63, 3.8) is 0 Å². The molecule has 1 N–H and O–H groups in total. The first-order valence-corrected chi connectivity index (χ1v) is 8.02.